The second-order valence-electron chi connectivity index (χ2n) is 6.05. The van der Waals surface area contributed by atoms with Crippen molar-refractivity contribution in [3.63, 3.8) is 0 Å². The van der Waals surface area contributed by atoms with E-state index in [2.05, 4.69) is 20.8 Å². The van der Waals surface area contributed by atoms with Gasteiger partial charge in [0.2, 0.25) is 0 Å². The second-order valence-corrected chi connectivity index (χ2v) is 6.96. The molecule has 22 heavy (non-hydrogen) atoms. The molecule has 0 bridgehead atoms. The summed E-state index contributed by atoms with van der Waals surface area (Å²) in [6.07, 6.45) is -0.145. The van der Waals surface area contributed by atoms with Crippen molar-refractivity contribution in [3.8, 4) is 5.75 Å². The Morgan fingerprint density at radius 1 is 1.14 bits per heavy atom. The van der Waals surface area contributed by atoms with Gasteiger partial charge in [0.05, 0.1) is 19.3 Å². The fraction of sp³-hybridized carbons (Fsp3) is 0.625. The van der Waals surface area contributed by atoms with Gasteiger partial charge in [0.25, 0.3) is 0 Å². The van der Waals surface area contributed by atoms with Gasteiger partial charge in [0.1, 0.15) is 24.1 Å². The van der Waals surface area contributed by atoms with Gasteiger partial charge in [0, 0.05) is 29.7 Å². The quantitative estimate of drug-likeness (QED) is 0.816. The molecule has 5 nitrogen and oxygen atoms in total. The lowest BCUT2D eigenvalue weighted by atomic mass is 9.88. The number of hydrogen-bond donors (Lipinski definition) is 1. The Morgan fingerprint density at radius 3 is 2.77 bits per heavy atom. The zero-order chi connectivity index (χ0) is 15.1. The van der Waals surface area contributed by atoms with Crippen molar-refractivity contribution in [2.75, 3.05) is 32.9 Å². The highest BCUT2D eigenvalue weighted by atomic mass is 79.9. The molecule has 4 rings (SSSR count). The number of nitrogens with zero attached hydrogens (tertiary/aromatic N) is 1. The normalized spacial score (nSPS) is 35.4. The van der Waals surface area contributed by atoms with Gasteiger partial charge in [-0.15, -0.1) is 0 Å². The molecule has 3 heterocycles. The number of aliphatic hydroxyl groups excluding tert-OH is 1. The largest absolute Gasteiger partial charge is 0.486 e. The highest BCUT2D eigenvalue weighted by Crippen LogP contribution is 2.41. The number of hydrogen-bond acceptors (Lipinski definition) is 5. The van der Waals surface area contributed by atoms with E-state index in [-0.39, 0.29) is 18.2 Å². The van der Waals surface area contributed by atoms with Crippen molar-refractivity contribution in [2.45, 2.75) is 30.8 Å². The summed E-state index contributed by atoms with van der Waals surface area (Å²) in [4.78, 5) is 2.42. The van der Waals surface area contributed by atoms with Crippen LogP contribution in [0.5, 0.6) is 5.75 Å². The number of rotatable bonds is 1. The smallest absolute Gasteiger partial charge is 0.143 e. The zero-order valence-corrected chi connectivity index (χ0v) is 13.9. The SMILES string of the molecule is OC1c2cc(Br)ccc2OC2C1OCCC2N1CCOCC1. The van der Waals surface area contributed by atoms with E-state index in [4.69, 9.17) is 14.2 Å². The first-order valence-corrected chi connectivity index (χ1v) is 8.61. The second kappa shape index (κ2) is 6.09. The van der Waals surface area contributed by atoms with Crippen LogP contribution < -0.4 is 4.74 Å². The molecule has 3 aliphatic rings. The Kier molecular flexibility index (Phi) is 4.13. The maximum Gasteiger partial charge on any atom is 0.143 e. The van der Waals surface area contributed by atoms with E-state index in [0.29, 0.717) is 6.61 Å². The Balaban J connectivity index is 1.63. The van der Waals surface area contributed by atoms with Crippen molar-refractivity contribution >= 4 is 15.9 Å². The molecule has 2 saturated heterocycles. The molecule has 3 aliphatic heterocycles. The summed E-state index contributed by atoms with van der Waals surface area (Å²) < 4.78 is 18.5. The van der Waals surface area contributed by atoms with Crippen LogP contribution >= 0.6 is 15.9 Å². The van der Waals surface area contributed by atoms with Crippen LogP contribution in [0.15, 0.2) is 22.7 Å². The third-order valence-electron chi connectivity index (χ3n) is 4.81. The van der Waals surface area contributed by atoms with Crippen molar-refractivity contribution in [2.24, 2.45) is 0 Å². The van der Waals surface area contributed by atoms with Gasteiger partial charge in [-0.1, -0.05) is 15.9 Å². The first kappa shape index (κ1) is 14.9. The third kappa shape index (κ3) is 2.57. The Morgan fingerprint density at radius 2 is 1.95 bits per heavy atom. The van der Waals surface area contributed by atoms with E-state index >= 15 is 0 Å². The maximum atomic E-state index is 10.7. The van der Waals surface area contributed by atoms with Crippen LogP contribution in [0, 0.1) is 0 Å². The Bertz CT molecular complexity index is 549. The maximum absolute atomic E-state index is 10.7. The van der Waals surface area contributed by atoms with Crippen LogP contribution in [0.1, 0.15) is 18.1 Å². The molecular formula is C16H20BrNO4. The molecule has 0 spiro atoms. The molecule has 0 aliphatic carbocycles. The molecule has 1 N–H and O–H groups in total. The first-order valence-electron chi connectivity index (χ1n) is 7.81. The molecule has 4 unspecified atom stereocenters. The molecule has 0 aromatic heterocycles. The zero-order valence-electron chi connectivity index (χ0n) is 12.3. The Labute approximate surface area is 138 Å². The molecule has 1 aromatic carbocycles. The lowest BCUT2D eigenvalue weighted by molar-refractivity contribution is -0.167. The van der Waals surface area contributed by atoms with Gasteiger partial charge in [-0.3, -0.25) is 4.90 Å². The molecule has 0 amide bonds. The number of aliphatic hydroxyl groups is 1. The molecule has 6 heteroatoms. The molecule has 120 valence electrons. The summed E-state index contributed by atoms with van der Waals surface area (Å²) in [5.41, 5.74) is 0.804. The summed E-state index contributed by atoms with van der Waals surface area (Å²) in [6.45, 7) is 4.02. The van der Waals surface area contributed by atoms with Gasteiger partial charge in [-0.2, -0.15) is 0 Å². The predicted octanol–water partition coefficient (Wildman–Crippen LogP) is 1.73. The number of ether oxygens (including phenoxy) is 3. The van der Waals surface area contributed by atoms with E-state index in [9.17, 15) is 5.11 Å². The molecule has 2 fully saturated rings. The minimum atomic E-state index is -0.643. The molecule has 0 saturated carbocycles. The van der Waals surface area contributed by atoms with Crippen LogP contribution in [-0.4, -0.2) is 61.2 Å². The Hall–Kier alpha value is -0.660. The van der Waals surface area contributed by atoms with E-state index in [1.807, 2.05) is 18.2 Å². The fourth-order valence-electron chi connectivity index (χ4n) is 3.70. The number of morpholine rings is 1. The predicted molar refractivity (Wildman–Crippen MR) is 84.1 cm³/mol. The van der Waals surface area contributed by atoms with E-state index < -0.39 is 6.10 Å². The van der Waals surface area contributed by atoms with E-state index in [1.165, 1.54) is 0 Å². The van der Waals surface area contributed by atoms with Gasteiger partial charge in [-0.25, -0.2) is 0 Å². The summed E-state index contributed by atoms with van der Waals surface area (Å²) in [5, 5.41) is 10.7. The summed E-state index contributed by atoms with van der Waals surface area (Å²) >= 11 is 3.45. The van der Waals surface area contributed by atoms with Crippen LogP contribution in [0.3, 0.4) is 0 Å². The third-order valence-corrected chi connectivity index (χ3v) is 5.30. The number of benzene rings is 1. The molecule has 1 aromatic rings. The van der Waals surface area contributed by atoms with Crippen molar-refractivity contribution in [1.29, 1.82) is 0 Å². The van der Waals surface area contributed by atoms with Crippen LogP contribution in [0.2, 0.25) is 0 Å². The number of fused-ring (bicyclic) bond motifs is 2. The standard InChI is InChI=1S/C16H20BrNO4/c17-10-1-2-13-11(9-10)14(19)16-15(22-13)12(3-6-21-16)18-4-7-20-8-5-18/h1-2,9,12,14-16,19H,3-8H2. The highest BCUT2D eigenvalue weighted by molar-refractivity contribution is 9.10. The van der Waals surface area contributed by atoms with Crippen LogP contribution in [0.4, 0.5) is 0 Å². The van der Waals surface area contributed by atoms with Crippen LogP contribution in [-0.2, 0) is 9.47 Å². The lowest BCUT2D eigenvalue weighted by Gasteiger charge is -2.48. The van der Waals surface area contributed by atoms with Gasteiger partial charge >= 0.3 is 0 Å². The summed E-state index contributed by atoms with van der Waals surface area (Å²) in [7, 11) is 0. The van der Waals surface area contributed by atoms with Gasteiger partial charge in [0.15, 0.2) is 0 Å². The van der Waals surface area contributed by atoms with Crippen molar-refractivity contribution in [3.05, 3.63) is 28.2 Å². The average molecular weight is 370 g/mol. The highest BCUT2D eigenvalue weighted by Gasteiger charge is 2.47. The molecule has 4 atom stereocenters. The monoisotopic (exact) mass is 369 g/mol. The first-order chi connectivity index (χ1) is 10.7. The number of halogens is 1. The molecule has 0 radical (unpaired) electrons. The summed E-state index contributed by atoms with van der Waals surface area (Å²) in [6, 6.07) is 6.05. The average Bonchev–Trinajstić information content (AvgIpc) is 2.56. The minimum absolute atomic E-state index is 0.129. The van der Waals surface area contributed by atoms with Crippen LogP contribution in [0.25, 0.3) is 0 Å². The lowest BCUT2D eigenvalue weighted by Crippen LogP contribution is -2.60. The topological polar surface area (TPSA) is 51.2 Å². The van der Waals surface area contributed by atoms with E-state index in [1.54, 1.807) is 0 Å². The van der Waals surface area contributed by atoms with Gasteiger partial charge < -0.3 is 19.3 Å². The molecular weight excluding hydrogens is 350 g/mol. The minimum Gasteiger partial charge on any atom is -0.486 e. The van der Waals surface area contributed by atoms with Crippen molar-refractivity contribution < 1.29 is 19.3 Å². The fourth-order valence-corrected chi connectivity index (χ4v) is 4.08. The summed E-state index contributed by atoms with van der Waals surface area (Å²) in [5.74, 6) is 0.765. The van der Waals surface area contributed by atoms with Gasteiger partial charge in [-0.05, 0) is 24.6 Å². The van der Waals surface area contributed by atoms with Crippen molar-refractivity contribution in [1.82, 2.24) is 4.90 Å². The van der Waals surface area contributed by atoms with E-state index in [0.717, 1.165) is 48.5 Å².